The summed E-state index contributed by atoms with van der Waals surface area (Å²) in [6.07, 6.45) is 20.2. The van der Waals surface area contributed by atoms with E-state index < -0.39 is 3.23 Å². The summed E-state index contributed by atoms with van der Waals surface area (Å²) in [6.45, 7) is 2.27. The highest BCUT2D eigenvalue weighted by molar-refractivity contribution is 9.26. The molecular weight excluding hydrogens is 430 g/mol. The van der Waals surface area contributed by atoms with E-state index in [9.17, 15) is 4.79 Å². The number of halogens is 2. The number of hydrogen-bond acceptors (Lipinski definition) is 2. The molecule has 0 bridgehead atoms. The van der Waals surface area contributed by atoms with Gasteiger partial charge in [-0.05, 0) is 38.3 Å². The maximum absolute atomic E-state index is 11.7. The Bertz CT molecular complexity index is 350. The topological polar surface area (TPSA) is 40.9 Å². The zero-order valence-corrected chi connectivity index (χ0v) is 18.6. The van der Waals surface area contributed by atoms with Crippen LogP contribution < -0.4 is 0 Å². The van der Waals surface area contributed by atoms with Gasteiger partial charge in [0.25, 0.3) is 0 Å². The minimum atomic E-state index is -1.17. The molecule has 0 rings (SSSR count). The van der Waals surface area contributed by atoms with Crippen molar-refractivity contribution in [2.45, 2.75) is 113 Å². The number of Topliss-reactive ketones (excluding diaryl/α,β-unsaturated/α-hetero) is 1. The summed E-state index contributed by atoms with van der Waals surface area (Å²) in [4.78, 5) is 11.7. The van der Waals surface area contributed by atoms with Gasteiger partial charge in [0.15, 0.2) is 5.78 Å². The van der Waals surface area contributed by atoms with Gasteiger partial charge in [-0.25, -0.2) is 0 Å². The third kappa shape index (κ3) is 14.5. The number of unbranched alkanes of at least 4 members (excludes halogenated alkanes) is 14. The van der Waals surface area contributed by atoms with Crippen molar-refractivity contribution in [1.29, 1.82) is 5.26 Å². The summed E-state index contributed by atoms with van der Waals surface area (Å²) >= 11 is 6.19. The van der Waals surface area contributed by atoms with E-state index in [0.29, 0.717) is 6.42 Å². The highest BCUT2D eigenvalue weighted by Crippen LogP contribution is 2.28. The molecule has 0 N–H and O–H groups in total. The van der Waals surface area contributed by atoms with Gasteiger partial charge in [-0.1, -0.05) is 96.8 Å². The van der Waals surface area contributed by atoms with Crippen molar-refractivity contribution in [3.05, 3.63) is 0 Å². The number of alkyl halides is 2. The zero-order chi connectivity index (χ0) is 18.1. The number of ketones is 1. The van der Waals surface area contributed by atoms with E-state index >= 15 is 0 Å². The van der Waals surface area contributed by atoms with E-state index in [0.717, 1.165) is 12.8 Å². The largest absolute Gasteiger partial charge is 0.296 e. The molecule has 0 saturated carbocycles. The number of nitriles is 1. The molecule has 0 unspecified atom stereocenters. The number of rotatable bonds is 17. The van der Waals surface area contributed by atoms with Gasteiger partial charge in [0, 0.05) is 6.42 Å². The molecule has 0 aromatic heterocycles. The Hall–Kier alpha value is 0.120. The lowest BCUT2D eigenvalue weighted by Gasteiger charge is -2.09. The SMILES string of the molecule is CCCCCCCCCCCCCCCCCC(=O)C(Br)(Br)C#N. The molecular formula is C20H35Br2NO. The van der Waals surface area contributed by atoms with Crippen LogP contribution in [0.2, 0.25) is 0 Å². The molecule has 0 amide bonds. The van der Waals surface area contributed by atoms with Gasteiger partial charge in [-0.3, -0.25) is 4.79 Å². The fraction of sp³-hybridized carbons (Fsp3) is 0.900. The van der Waals surface area contributed by atoms with Gasteiger partial charge >= 0.3 is 0 Å². The molecule has 140 valence electrons. The Labute approximate surface area is 166 Å². The van der Waals surface area contributed by atoms with Gasteiger partial charge in [0.2, 0.25) is 3.23 Å². The lowest BCUT2D eigenvalue weighted by atomic mass is 10.0. The van der Waals surface area contributed by atoms with E-state index in [4.69, 9.17) is 5.26 Å². The molecule has 4 heteroatoms. The van der Waals surface area contributed by atoms with Crippen LogP contribution in [0.4, 0.5) is 0 Å². The smallest absolute Gasteiger partial charge is 0.223 e. The van der Waals surface area contributed by atoms with Crippen molar-refractivity contribution in [3.8, 4) is 6.07 Å². The van der Waals surface area contributed by atoms with Crippen molar-refractivity contribution in [2.75, 3.05) is 0 Å². The second-order valence-corrected chi connectivity index (χ2v) is 10.3. The van der Waals surface area contributed by atoms with Crippen LogP contribution >= 0.6 is 31.9 Å². The van der Waals surface area contributed by atoms with Gasteiger partial charge in [0.1, 0.15) is 6.07 Å². The first-order chi connectivity index (χ1) is 11.5. The van der Waals surface area contributed by atoms with Crippen molar-refractivity contribution in [1.82, 2.24) is 0 Å². The molecule has 0 radical (unpaired) electrons. The third-order valence-corrected chi connectivity index (χ3v) is 5.74. The van der Waals surface area contributed by atoms with Crippen LogP contribution in [0.25, 0.3) is 0 Å². The molecule has 0 heterocycles. The Morgan fingerprint density at radius 1 is 0.750 bits per heavy atom. The van der Waals surface area contributed by atoms with Crippen LogP contribution in [0, 0.1) is 11.3 Å². The third-order valence-electron chi connectivity index (χ3n) is 4.50. The summed E-state index contributed by atoms with van der Waals surface area (Å²) in [7, 11) is 0. The summed E-state index contributed by atoms with van der Waals surface area (Å²) in [5, 5.41) is 8.83. The average molecular weight is 465 g/mol. The van der Waals surface area contributed by atoms with Crippen LogP contribution in [-0.4, -0.2) is 9.02 Å². The Morgan fingerprint density at radius 2 is 1.08 bits per heavy atom. The van der Waals surface area contributed by atoms with E-state index in [1.54, 1.807) is 0 Å². The molecule has 0 atom stereocenters. The molecule has 0 aliphatic heterocycles. The quantitative estimate of drug-likeness (QED) is 0.162. The second-order valence-electron chi connectivity index (χ2n) is 6.81. The molecule has 2 nitrogen and oxygen atoms in total. The van der Waals surface area contributed by atoms with Crippen LogP contribution in [0.15, 0.2) is 0 Å². The van der Waals surface area contributed by atoms with E-state index in [1.807, 2.05) is 6.07 Å². The summed E-state index contributed by atoms with van der Waals surface area (Å²) < 4.78 is -1.17. The molecule has 0 aliphatic carbocycles. The van der Waals surface area contributed by atoms with Crippen molar-refractivity contribution in [3.63, 3.8) is 0 Å². The number of hydrogen-bond donors (Lipinski definition) is 0. The number of carbonyl (C=O) groups excluding carboxylic acids is 1. The lowest BCUT2D eigenvalue weighted by molar-refractivity contribution is -0.118. The fourth-order valence-corrected chi connectivity index (χ4v) is 3.27. The molecule has 0 fully saturated rings. The van der Waals surface area contributed by atoms with Gasteiger partial charge in [-0.2, -0.15) is 5.26 Å². The maximum Gasteiger partial charge on any atom is 0.223 e. The Morgan fingerprint density at radius 3 is 1.42 bits per heavy atom. The van der Waals surface area contributed by atoms with E-state index in [2.05, 4.69) is 38.8 Å². The summed E-state index contributed by atoms with van der Waals surface area (Å²) in [5.41, 5.74) is 0. The maximum atomic E-state index is 11.7. The first-order valence-electron chi connectivity index (χ1n) is 9.87. The van der Waals surface area contributed by atoms with E-state index in [-0.39, 0.29) is 5.78 Å². The normalized spacial score (nSPS) is 11.4. The first-order valence-corrected chi connectivity index (χ1v) is 11.5. The van der Waals surface area contributed by atoms with E-state index in [1.165, 1.54) is 83.5 Å². The monoisotopic (exact) mass is 463 g/mol. The molecule has 0 saturated heterocycles. The predicted molar refractivity (Wildman–Crippen MR) is 111 cm³/mol. The molecule has 0 aliphatic rings. The van der Waals surface area contributed by atoms with Crippen molar-refractivity contribution in [2.24, 2.45) is 0 Å². The molecule has 0 aromatic carbocycles. The van der Waals surface area contributed by atoms with Crippen LogP contribution in [-0.2, 0) is 4.79 Å². The summed E-state index contributed by atoms with van der Waals surface area (Å²) in [5.74, 6) is -0.0697. The minimum absolute atomic E-state index is 0.0697. The molecule has 0 spiro atoms. The summed E-state index contributed by atoms with van der Waals surface area (Å²) in [6, 6.07) is 1.93. The van der Waals surface area contributed by atoms with Crippen LogP contribution in [0.1, 0.15) is 110 Å². The second kappa shape index (κ2) is 16.6. The predicted octanol–water partition coefficient (Wildman–Crippen LogP) is 7.83. The molecule has 0 aromatic rings. The number of nitrogens with zero attached hydrogens (tertiary/aromatic N) is 1. The van der Waals surface area contributed by atoms with Crippen molar-refractivity contribution >= 4 is 37.6 Å². The lowest BCUT2D eigenvalue weighted by Crippen LogP contribution is -2.22. The highest BCUT2D eigenvalue weighted by atomic mass is 79.9. The van der Waals surface area contributed by atoms with Crippen LogP contribution in [0.5, 0.6) is 0 Å². The minimum Gasteiger partial charge on any atom is -0.296 e. The first kappa shape index (κ1) is 24.1. The van der Waals surface area contributed by atoms with Gasteiger partial charge in [0.05, 0.1) is 0 Å². The molecule has 24 heavy (non-hydrogen) atoms. The Balaban J connectivity index is 3.21. The van der Waals surface area contributed by atoms with Gasteiger partial charge < -0.3 is 0 Å². The van der Waals surface area contributed by atoms with Crippen LogP contribution in [0.3, 0.4) is 0 Å². The highest BCUT2D eigenvalue weighted by Gasteiger charge is 2.30. The standard InChI is InChI=1S/C20H35Br2NO/c1-2-3-4-5-6-7-8-9-10-11-12-13-14-15-16-17-19(24)20(21,22)18-23/h2-17H2,1H3. The average Bonchev–Trinajstić information content (AvgIpc) is 2.58. The van der Waals surface area contributed by atoms with Crippen molar-refractivity contribution < 1.29 is 4.79 Å². The fourth-order valence-electron chi connectivity index (χ4n) is 2.88. The Kier molecular flexibility index (Phi) is 16.7. The van der Waals surface area contributed by atoms with Gasteiger partial charge in [-0.15, -0.1) is 0 Å². The number of carbonyl (C=O) groups is 1. The zero-order valence-electron chi connectivity index (χ0n) is 15.4.